The number of rotatable bonds is 5. The molecule has 0 saturated heterocycles. The number of halogens is 2. The third-order valence-corrected chi connectivity index (χ3v) is 4.49. The predicted octanol–water partition coefficient (Wildman–Crippen LogP) is 2.83. The van der Waals surface area contributed by atoms with Gasteiger partial charge in [-0.05, 0) is 29.8 Å². The monoisotopic (exact) mass is 392 g/mol. The maximum atomic E-state index is 12.9. The summed E-state index contributed by atoms with van der Waals surface area (Å²) < 4.78 is 26.2. The molecule has 26 heavy (non-hydrogen) atoms. The van der Waals surface area contributed by atoms with E-state index in [0.29, 0.717) is 26.9 Å². The normalized spacial score (nSPS) is 12.0. The van der Waals surface area contributed by atoms with Gasteiger partial charge in [-0.3, -0.25) is 4.79 Å². The summed E-state index contributed by atoms with van der Waals surface area (Å²) in [5.41, 5.74) is 1.61. The summed E-state index contributed by atoms with van der Waals surface area (Å²) in [5.74, 6) is -0.654. The van der Waals surface area contributed by atoms with Gasteiger partial charge < -0.3 is 9.87 Å². The Morgan fingerprint density at radius 1 is 1.31 bits per heavy atom. The number of anilines is 1. The molecule has 0 aliphatic rings. The van der Waals surface area contributed by atoms with E-state index < -0.39 is 11.4 Å². The minimum absolute atomic E-state index is 0.0812. The molecule has 9 heteroatoms. The zero-order valence-corrected chi connectivity index (χ0v) is 14.9. The van der Waals surface area contributed by atoms with Crippen LogP contribution in [0.1, 0.15) is 5.56 Å². The molecule has 1 unspecified atom stereocenters. The molecule has 1 amide bonds. The number of hydrogen-bond acceptors (Lipinski definition) is 4. The highest BCUT2D eigenvalue weighted by Gasteiger charge is 2.17. The number of amides is 1. The van der Waals surface area contributed by atoms with Crippen LogP contribution in [0.15, 0.2) is 59.8 Å². The standard InChI is InChI=1S/C17H14ClFN4O2S/c18-12-9-21-23(10-12)15-6-5-14(8-16(15)26(20)25)22-17(24)7-11-1-3-13(19)4-2-11/h1-6,8-10H,7,20H2,(H,22,24). The number of aromatic nitrogens is 2. The van der Waals surface area contributed by atoms with Gasteiger partial charge in [0.1, 0.15) is 11.5 Å². The van der Waals surface area contributed by atoms with E-state index in [-0.39, 0.29) is 18.1 Å². The molecular weight excluding hydrogens is 379 g/mol. The summed E-state index contributed by atoms with van der Waals surface area (Å²) in [6, 6.07) is 10.5. The zero-order chi connectivity index (χ0) is 18.7. The maximum Gasteiger partial charge on any atom is 0.228 e. The molecule has 0 bridgehead atoms. The van der Waals surface area contributed by atoms with Gasteiger partial charge in [0.15, 0.2) is 0 Å². The number of nitrogens with one attached hydrogen (secondary N) is 1. The first kappa shape index (κ1) is 18.4. The van der Waals surface area contributed by atoms with Crippen LogP contribution in [0.3, 0.4) is 0 Å². The van der Waals surface area contributed by atoms with E-state index in [9.17, 15) is 13.7 Å². The fourth-order valence-corrected chi connectivity index (χ4v) is 3.11. The Hall–Kier alpha value is -2.39. The van der Waals surface area contributed by atoms with Gasteiger partial charge in [-0.25, -0.2) is 9.07 Å². The second-order valence-corrected chi connectivity index (χ2v) is 6.91. The molecule has 0 spiro atoms. The molecular formula is C17H14ClFN4O2S. The minimum Gasteiger partial charge on any atom is -0.593 e. The van der Waals surface area contributed by atoms with Crippen molar-refractivity contribution < 1.29 is 13.7 Å². The third-order valence-electron chi connectivity index (χ3n) is 3.54. The lowest BCUT2D eigenvalue weighted by atomic mass is 10.1. The Kier molecular flexibility index (Phi) is 5.58. The molecule has 0 radical (unpaired) electrons. The Bertz CT molecular complexity index is 931. The highest BCUT2D eigenvalue weighted by atomic mass is 35.5. The molecule has 0 aliphatic heterocycles. The van der Waals surface area contributed by atoms with Crippen LogP contribution >= 0.6 is 11.6 Å². The molecule has 0 saturated carbocycles. The van der Waals surface area contributed by atoms with E-state index in [2.05, 4.69) is 10.4 Å². The van der Waals surface area contributed by atoms with Crippen LogP contribution in [0, 0.1) is 5.82 Å². The highest BCUT2D eigenvalue weighted by molar-refractivity contribution is 7.89. The molecule has 3 aromatic rings. The van der Waals surface area contributed by atoms with Crippen molar-refractivity contribution in [2.75, 3.05) is 5.32 Å². The van der Waals surface area contributed by atoms with Crippen LogP contribution in [0.25, 0.3) is 5.69 Å². The van der Waals surface area contributed by atoms with Crippen molar-refractivity contribution in [3.63, 3.8) is 0 Å². The topological polar surface area (TPSA) is 96.0 Å². The molecule has 6 nitrogen and oxygen atoms in total. The van der Waals surface area contributed by atoms with Gasteiger partial charge in [0.05, 0.1) is 29.0 Å². The number of nitrogens with zero attached hydrogens (tertiary/aromatic N) is 2. The lowest BCUT2D eigenvalue weighted by Gasteiger charge is -2.12. The number of carbonyl (C=O) groups excluding carboxylic acids is 1. The fraction of sp³-hybridized carbons (Fsp3) is 0.0588. The van der Waals surface area contributed by atoms with Crippen LogP contribution in [-0.2, 0) is 22.6 Å². The SMILES string of the molecule is N[S+]([O-])c1cc(NC(=O)Cc2ccc(F)cc2)ccc1-n1cc(Cl)cn1. The number of carbonyl (C=O) groups is 1. The first-order valence-electron chi connectivity index (χ1n) is 7.47. The Labute approximate surface area is 157 Å². The Morgan fingerprint density at radius 3 is 2.65 bits per heavy atom. The van der Waals surface area contributed by atoms with Gasteiger partial charge in [-0.15, -0.1) is 5.14 Å². The molecule has 3 N–H and O–H groups in total. The van der Waals surface area contributed by atoms with Crippen molar-refractivity contribution in [1.29, 1.82) is 0 Å². The zero-order valence-electron chi connectivity index (χ0n) is 13.4. The van der Waals surface area contributed by atoms with Crippen LogP contribution in [0.4, 0.5) is 10.1 Å². The van der Waals surface area contributed by atoms with Crippen molar-refractivity contribution in [3.05, 3.63) is 71.3 Å². The second kappa shape index (κ2) is 7.88. The van der Waals surface area contributed by atoms with Gasteiger partial charge in [0.2, 0.25) is 10.8 Å². The van der Waals surface area contributed by atoms with Crippen molar-refractivity contribution in [3.8, 4) is 5.69 Å². The second-order valence-electron chi connectivity index (χ2n) is 5.43. The predicted molar refractivity (Wildman–Crippen MR) is 97.9 cm³/mol. The lowest BCUT2D eigenvalue weighted by Crippen LogP contribution is -2.18. The molecule has 134 valence electrons. The smallest absolute Gasteiger partial charge is 0.228 e. The van der Waals surface area contributed by atoms with Gasteiger partial charge in [0, 0.05) is 18.0 Å². The average Bonchev–Trinajstić information content (AvgIpc) is 3.03. The average molecular weight is 393 g/mol. The van der Waals surface area contributed by atoms with E-state index in [1.54, 1.807) is 30.5 Å². The highest BCUT2D eigenvalue weighted by Crippen LogP contribution is 2.24. The first-order chi connectivity index (χ1) is 12.4. The summed E-state index contributed by atoms with van der Waals surface area (Å²) in [4.78, 5) is 12.5. The quantitative estimate of drug-likeness (QED) is 0.652. The van der Waals surface area contributed by atoms with Gasteiger partial charge >= 0.3 is 0 Å². The Balaban J connectivity index is 1.79. The fourth-order valence-electron chi connectivity index (χ4n) is 2.37. The molecule has 0 fully saturated rings. The van der Waals surface area contributed by atoms with E-state index >= 15 is 0 Å². The van der Waals surface area contributed by atoms with E-state index in [0.717, 1.165) is 0 Å². The molecule has 2 aromatic carbocycles. The van der Waals surface area contributed by atoms with Gasteiger partial charge in [-0.1, -0.05) is 23.7 Å². The van der Waals surface area contributed by atoms with Gasteiger partial charge in [0.25, 0.3) is 0 Å². The summed E-state index contributed by atoms with van der Waals surface area (Å²) in [6.07, 6.45) is 3.08. The first-order valence-corrected chi connectivity index (χ1v) is 9.06. The van der Waals surface area contributed by atoms with E-state index in [1.165, 1.54) is 29.1 Å². The number of hydrogen-bond donors (Lipinski definition) is 2. The van der Waals surface area contributed by atoms with Crippen molar-refractivity contribution in [2.45, 2.75) is 11.3 Å². The van der Waals surface area contributed by atoms with Crippen LogP contribution in [0.5, 0.6) is 0 Å². The van der Waals surface area contributed by atoms with Crippen molar-refractivity contribution in [2.24, 2.45) is 5.14 Å². The Morgan fingerprint density at radius 2 is 2.04 bits per heavy atom. The van der Waals surface area contributed by atoms with Gasteiger partial charge in [-0.2, -0.15) is 5.10 Å². The summed E-state index contributed by atoms with van der Waals surface area (Å²) in [5, 5.41) is 12.7. The molecule has 1 aromatic heterocycles. The summed E-state index contributed by atoms with van der Waals surface area (Å²) in [7, 11) is 0. The van der Waals surface area contributed by atoms with Crippen LogP contribution < -0.4 is 10.5 Å². The summed E-state index contributed by atoms with van der Waals surface area (Å²) >= 11 is 4.06. The largest absolute Gasteiger partial charge is 0.593 e. The molecule has 3 rings (SSSR count). The number of benzene rings is 2. The minimum atomic E-state index is -1.79. The maximum absolute atomic E-state index is 12.9. The van der Waals surface area contributed by atoms with Crippen LogP contribution in [-0.4, -0.2) is 20.2 Å². The molecule has 1 atom stereocenters. The van der Waals surface area contributed by atoms with E-state index in [1.807, 2.05) is 0 Å². The third kappa shape index (κ3) is 4.41. The molecule has 1 heterocycles. The summed E-state index contributed by atoms with van der Waals surface area (Å²) in [6.45, 7) is 0. The van der Waals surface area contributed by atoms with Crippen molar-refractivity contribution in [1.82, 2.24) is 9.78 Å². The number of nitrogens with two attached hydrogens (primary N) is 1. The van der Waals surface area contributed by atoms with Crippen molar-refractivity contribution >= 4 is 34.6 Å². The van der Waals surface area contributed by atoms with Crippen LogP contribution in [0.2, 0.25) is 5.02 Å². The molecule has 0 aliphatic carbocycles. The lowest BCUT2D eigenvalue weighted by molar-refractivity contribution is -0.115. The van der Waals surface area contributed by atoms with E-state index in [4.69, 9.17) is 16.7 Å².